The topological polar surface area (TPSA) is 86.7 Å². The Kier molecular flexibility index (Phi) is 4.15. The van der Waals surface area contributed by atoms with Gasteiger partial charge in [-0.25, -0.2) is 17.5 Å². The number of hydrogen-bond acceptors (Lipinski definition) is 3. The highest BCUT2D eigenvalue weighted by Crippen LogP contribution is 2.17. The summed E-state index contributed by atoms with van der Waals surface area (Å²) >= 11 is 0. The van der Waals surface area contributed by atoms with Crippen molar-refractivity contribution in [1.82, 2.24) is 9.62 Å². The van der Waals surface area contributed by atoms with Crippen molar-refractivity contribution in [1.29, 1.82) is 0 Å². The number of amides is 1. The Morgan fingerprint density at radius 1 is 1.38 bits per heavy atom. The van der Waals surface area contributed by atoms with E-state index in [9.17, 15) is 13.2 Å². The Balaban J connectivity index is 2.52. The first-order valence-corrected chi connectivity index (χ1v) is 6.82. The van der Waals surface area contributed by atoms with Crippen LogP contribution in [0.1, 0.15) is 26.7 Å². The van der Waals surface area contributed by atoms with Crippen LogP contribution in [0.15, 0.2) is 0 Å². The number of carbonyl (C=O) groups is 1. The molecule has 0 bridgehead atoms. The molecule has 1 aliphatic heterocycles. The standard InChI is InChI=1S/C9H18N2O4S/c1-7(2)16(14,15)11-5-3-8(4-6-11)10-9(12)13/h7-8,10H,3-6H2,1-2H3,(H,12,13). The van der Waals surface area contributed by atoms with Crippen molar-refractivity contribution in [2.24, 2.45) is 0 Å². The summed E-state index contributed by atoms with van der Waals surface area (Å²) < 4.78 is 25.0. The zero-order valence-electron chi connectivity index (χ0n) is 9.51. The van der Waals surface area contributed by atoms with Crippen LogP contribution in [-0.4, -0.2) is 48.3 Å². The number of nitrogens with one attached hydrogen (secondary N) is 1. The predicted molar refractivity (Wildman–Crippen MR) is 59.8 cm³/mol. The average molecular weight is 250 g/mol. The second-order valence-electron chi connectivity index (χ2n) is 4.22. The molecular formula is C9H18N2O4S. The summed E-state index contributed by atoms with van der Waals surface area (Å²) in [6, 6.07) is -0.129. The fourth-order valence-corrected chi connectivity index (χ4v) is 3.04. The van der Waals surface area contributed by atoms with Gasteiger partial charge >= 0.3 is 6.09 Å². The van der Waals surface area contributed by atoms with Crippen LogP contribution in [0.4, 0.5) is 4.79 Å². The summed E-state index contributed by atoms with van der Waals surface area (Å²) in [6.07, 6.45) is 0.0291. The van der Waals surface area contributed by atoms with E-state index in [4.69, 9.17) is 5.11 Å². The molecule has 1 amide bonds. The van der Waals surface area contributed by atoms with E-state index in [-0.39, 0.29) is 6.04 Å². The monoisotopic (exact) mass is 250 g/mol. The zero-order valence-corrected chi connectivity index (χ0v) is 10.3. The number of rotatable bonds is 3. The third kappa shape index (κ3) is 3.08. The van der Waals surface area contributed by atoms with Crippen molar-refractivity contribution in [2.45, 2.75) is 38.0 Å². The number of sulfonamides is 1. The first-order chi connectivity index (χ1) is 7.34. The Labute approximate surface area is 95.7 Å². The van der Waals surface area contributed by atoms with Crippen LogP contribution < -0.4 is 5.32 Å². The van der Waals surface area contributed by atoms with Crippen LogP contribution in [-0.2, 0) is 10.0 Å². The van der Waals surface area contributed by atoms with E-state index in [1.165, 1.54) is 4.31 Å². The molecule has 6 nitrogen and oxygen atoms in total. The van der Waals surface area contributed by atoms with Crippen molar-refractivity contribution >= 4 is 16.1 Å². The van der Waals surface area contributed by atoms with Crippen LogP contribution in [0.3, 0.4) is 0 Å². The first kappa shape index (κ1) is 13.2. The van der Waals surface area contributed by atoms with Gasteiger partial charge in [-0.05, 0) is 26.7 Å². The van der Waals surface area contributed by atoms with Gasteiger partial charge in [0.25, 0.3) is 0 Å². The van der Waals surface area contributed by atoms with E-state index in [2.05, 4.69) is 5.32 Å². The van der Waals surface area contributed by atoms with Gasteiger partial charge < -0.3 is 10.4 Å². The molecule has 1 rings (SSSR count). The van der Waals surface area contributed by atoms with Gasteiger partial charge in [-0.2, -0.15) is 0 Å². The van der Waals surface area contributed by atoms with Crippen LogP contribution >= 0.6 is 0 Å². The van der Waals surface area contributed by atoms with Crippen molar-refractivity contribution in [3.05, 3.63) is 0 Å². The van der Waals surface area contributed by atoms with Crippen LogP contribution in [0.2, 0.25) is 0 Å². The van der Waals surface area contributed by atoms with E-state index in [0.717, 1.165) is 0 Å². The number of carboxylic acid groups (broad SMARTS) is 1. The van der Waals surface area contributed by atoms with Crippen LogP contribution in [0.25, 0.3) is 0 Å². The molecular weight excluding hydrogens is 232 g/mol. The third-order valence-electron chi connectivity index (χ3n) is 2.74. The summed E-state index contributed by atoms with van der Waals surface area (Å²) in [7, 11) is -3.19. The van der Waals surface area contributed by atoms with Crippen molar-refractivity contribution < 1.29 is 18.3 Å². The van der Waals surface area contributed by atoms with Gasteiger partial charge in [0.2, 0.25) is 10.0 Å². The van der Waals surface area contributed by atoms with Gasteiger partial charge in [0, 0.05) is 19.1 Å². The molecule has 2 N–H and O–H groups in total. The Bertz CT molecular complexity index is 345. The molecule has 0 unspecified atom stereocenters. The van der Waals surface area contributed by atoms with Gasteiger partial charge in [-0.1, -0.05) is 0 Å². The SMILES string of the molecule is CC(C)S(=O)(=O)N1CCC(NC(=O)O)CC1. The Morgan fingerprint density at radius 3 is 2.25 bits per heavy atom. The minimum absolute atomic E-state index is 0.129. The minimum atomic E-state index is -3.19. The predicted octanol–water partition coefficient (Wildman–Crippen LogP) is 0.457. The van der Waals surface area contributed by atoms with Crippen LogP contribution in [0.5, 0.6) is 0 Å². The maximum absolute atomic E-state index is 11.8. The Hall–Kier alpha value is -0.820. The number of piperidine rings is 1. The van der Waals surface area contributed by atoms with Crippen molar-refractivity contribution in [3.8, 4) is 0 Å². The molecule has 16 heavy (non-hydrogen) atoms. The molecule has 0 radical (unpaired) electrons. The largest absolute Gasteiger partial charge is 0.465 e. The molecule has 0 saturated carbocycles. The summed E-state index contributed by atoms with van der Waals surface area (Å²) in [5.74, 6) is 0. The highest BCUT2D eigenvalue weighted by atomic mass is 32.2. The van der Waals surface area contributed by atoms with Crippen molar-refractivity contribution in [2.75, 3.05) is 13.1 Å². The van der Waals surface area contributed by atoms with Gasteiger partial charge in [-0.15, -0.1) is 0 Å². The van der Waals surface area contributed by atoms with Gasteiger partial charge in [0.1, 0.15) is 0 Å². The third-order valence-corrected chi connectivity index (χ3v) is 5.01. The van der Waals surface area contributed by atoms with E-state index < -0.39 is 21.4 Å². The van der Waals surface area contributed by atoms with E-state index in [1.807, 2.05) is 0 Å². The molecule has 0 aromatic carbocycles. The molecule has 94 valence electrons. The quantitative estimate of drug-likeness (QED) is 0.761. The van der Waals surface area contributed by atoms with Crippen LogP contribution in [0, 0.1) is 0 Å². The molecule has 1 fully saturated rings. The number of nitrogens with zero attached hydrogens (tertiary/aromatic N) is 1. The minimum Gasteiger partial charge on any atom is -0.465 e. The molecule has 0 aromatic rings. The van der Waals surface area contributed by atoms with E-state index in [0.29, 0.717) is 25.9 Å². The lowest BCUT2D eigenvalue weighted by molar-refractivity contribution is 0.183. The van der Waals surface area contributed by atoms with E-state index in [1.54, 1.807) is 13.8 Å². The lowest BCUT2D eigenvalue weighted by Gasteiger charge is -2.32. The highest BCUT2D eigenvalue weighted by molar-refractivity contribution is 7.89. The maximum Gasteiger partial charge on any atom is 0.404 e. The zero-order chi connectivity index (χ0) is 12.3. The fraction of sp³-hybridized carbons (Fsp3) is 0.889. The molecule has 1 aliphatic rings. The second-order valence-corrected chi connectivity index (χ2v) is 6.71. The second kappa shape index (κ2) is 5.01. The number of hydrogen-bond donors (Lipinski definition) is 2. The molecule has 0 spiro atoms. The molecule has 7 heteroatoms. The molecule has 0 aliphatic carbocycles. The Morgan fingerprint density at radius 2 is 1.88 bits per heavy atom. The molecule has 0 aromatic heterocycles. The summed E-state index contributed by atoms with van der Waals surface area (Å²) in [6.45, 7) is 4.09. The van der Waals surface area contributed by atoms with Gasteiger partial charge in [0.05, 0.1) is 5.25 Å². The van der Waals surface area contributed by atoms with Gasteiger partial charge in [-0.3, -0.25) is 0 Å². The first-order valence-electron chi connectivity index (χ1n) is 5.32. The molecule has 1 heterocycles. The summed E-state index contributed by atoms with van der Waals surface area (Å²) in [4.78, 5) is 10.4. The molecule has 1 saturated heterocycles. The fourth-order valence-electron chi connectivity index (χ4n) is 1.73. The van der Waals surface area contributed by atoms with Crippen molar-refractivity contribution in [3.63, 3.8) is 0 Å². The summed E-state index contributed by atoms with van der Waals surface area (Å²) in [5.41, 5.74) is 0. The lowest BCUT2D eigenvalue weighted by atomic mass is 10.1. The summed E-state index contributed by atoms with van der Waals surface area (Å²) in [5, 5.41) is 10.5. The maximum atomic E-state index is 11.8. The molecule has 0 atom stereocenters. The normalized spacial score (nSPS) is 19.9. The van der Waals surface area contributed by atoms with Gasteiger partial charge in [0.15, 0.2) is 0 Å². The highest BCUT2D eigenvalue weighted by Gasteiger charge is 2.30. The smallest absolute Gasteiger partial charge is 0.404 e. The lowest BCUT2D eigenvalue weighted by Crippen LogP contribution is -2.47. The average Bonchev–Trinajstić information content (AvgIpc) is 2.17. The van der Waals surface area contributed by atoms with E-state index >= 15 is 0 Å².